The minimum absolute atomic E-state index is 0.0264. The van der Waals surface area contributed by atoms with Crippen LogP contribution in [0.2, 0.25) is 5.02 Å². The number of urea groups is 1. The lowest BCUT2D eigenvalue weighted by atomic mass is 10.0. The van der Waals surface area contributed by atoms with Gasteiger partial charge in [0.1, 0.15) is 6.07 Å². The van der Waals surface area contributed by atoms with Gasteiger partial charge in [0.05, 0.1) is 17.3 Å². The molecular weight excluding hydrogens is 288 g/mol. The summed E-state index contributed by atoms with van der Waals surface area (Å²) in [6.45, 7) is 3.16. The predicted molar refractivity (Wildman–Crippen MR) is 81.5 cm³/mol. The second kappa shape index (κ2) is 5.82. The zero-order chi connectivity index (χ0) is 14.8. The molecule has 2 heterocycles. The highest BCUT2D eigenvalue weighted by atomic mass is 35.5. The molecule has 2 aliphatic heterocycles. The number of benzene rings is 1. The zero-order valence-corrected chi connectivity index (χ0v) is 12.4. The Morgan fingerprint density at radius 3 is 2.95 bits per heavy atom. The maximum atomic E-state index is 11.8. The standard InChI is InChI=1S/C15H17ClN4O/c16-12-3-4-14(11(8-12)9-17)19-6-1-2-13(10-19)20-7-5-18-15(20)21/h3-4,8,13H,1-2,5-7,10H2,(H,18,21)/t13-/m0/s1. The van der Waals surface area contributed by atoms with Gasteiger partial charge >= 0.3 is 6.03 Å². The number of nitrogens with one attached hydrogen (secondary N) is 1. The van der Waals surface area contributed by atoms with Gasteiger partial charge in [-0.2, -0.15) is 5.26 Å². The molecule has 0 saturated carbocycles. The number of piperidine rings is 1. The van der Waals surface area contributed by atoms with E-state index in [9.17, 15) is 10.1 Å². The number of amides is 2. The summed E-state index contributed by atoms with van der Waals surface area (Å²) in [4.78, 5) is 15.9. The molecule has 5 nitrogen and oxygen atoms in total. The Hall–Kier alpha value is -1.93. The molecule has 0 unspecified atom stereocenters. The van der Waals surface area contributed by atoms with Gasteiger partial charge in [0.2, 0.25) is 0 Å². The van der Waals surface area contributed by atoms with Gasteiger partial charge in [-0.3, -0.25) is 0 Å². The van der Waals surface area contributed by atoms with Gasteiger partial charge in [-0.05, 0) is 31.0 Å². The summed E-state index contributed by atoms with van der Waals surface area (Å²) >= 11 is 5.96. The van der Waals surface area contributed by atoms with Gasteiger partial charge in [0, 0.05) is 31.2 Å². The fourth-order valence-corrected chi connectivity index (χ4v) is 3.31. The Balaban J connectivity index is 1.80. The van der Waals surface area contributed by atoms with E-state index in [1.165, 1.54) is 0 Å². The maximum absolute atomic E-state index is 11.8. The van der Waals surface area contributed by atoms with Crippen molar-refractivity contribution >= 4 is 23.3 Å². The van der Waals surface area contributed by atoms with Crippen molar-refractivity contribution < 1.29 is 4.79 Å². The van der Waals surface area contributed by atoms with Gasteiger partial charge in [-0.25, -0.2) is 4.79 Å². The van der Waals surface area contributed by atoms with E-state index in [0.717, 1.165) is 44.7 Å². The molecule has 1 aromatic rings. The third kappa shape index (κ3) is 2.77. The van der Waals surface area contributed by atoms with E-state index in [4.69, 9.17) is 11.6 Å². The number of anilines is 1. The summed E-state index contributed by atoms with van der Waals surface area (Å²) in [7, 11) is 0. The molecule has 0 aliphatic carbocycles. The average Bonchev–Trinajstić information content (AvgIpc) is 2.93. The van der Waals surface area contributed by atoms with Crippen LogP contribution in [0.5, 0.6) is 0 Å². The third-order valence-electron chi connectivity index (χ3n) is 4.15. The van der Waals surface area contributed by atoms with E-state index in [-0.39, 0.29) is 12.1 Å². The van der Waals surface area contributed by atoms with Crippen LogP contribution in [-0.4, -0.2) is 43.2 Å². The van der Waals surface area contributed by atoms with E-state index >= 15 is 0 Å². The van der Waals surface area contributed by atoms with Crippen LogP contribution in [0, 0.1) is 11.3 Å². The fraction of sp³-hybridized carbons (Fsp3) is 0.467. The lowest BCUT2D eigenvalue weighted by Crippen LogP contribution is -2.49. The smallest absolute Gasteiger partial charge is 0.317 e. The Kier molecular flexibility index (Phi) is 3.89. The predicted octanol–water partition coefficient (Wildman–Crippen LogP) is 2.21. The summed E-state index contributed by atoms with van der Waals surface area (Å²) < 4.78 is 0. The van der Waals surface area contributed by atoms with Crippen LogP contribution in [0.3, 0.4) is 0 Å². The van der Waals surface area contributed by atoms with Crippen LogP contribution in [0.15, 0.2) is 18.2 Å². The highest BCUT2D eigenvalue weighted by molar-refractivity contribution is 6.30. The number of rotatable bonds is 2. The average molecular weight is 305 g/mol. The molecule has 1 aromatic carbocycles. The van der Waals surface area contributed by atoms with E-state index in [0.29, 0.717) is 10.6 Å². The van der Waals surface area contributed by atoms with Crippen molar-refractivity contribution in [3.05, 3.63) is 28.8 Å². The van der Waals surface area contributed by atoms with Crippen LogP contribution in [-0.2, 0) is 0 Å². The number of nitriles is 1. The van der Waals surface area contributed by atoms with E-state index in [2.05, 4.69) is 16.3 Å². The van der Waals surface area contributed by atoms with E-state index < -0.39 is 0 Å². The van der Waals surface area contributed by atoms with Crippen LogP contribution >= 0.6 is 11.6 Å². The highest BCUT2D eigenvalue weighted by Gasteiger charge is 2.31. The molecular formula is C15H17ClN4O. The minimum Gasteiger partial charge on any atom is -0.368 e. The van der Waals surface area contributed by atoms with Crippen molar-refractivity contribution in [2.24, 2.45) is 0 Å². The Morgan fingerprint density at radius 2 is 2.24 bits per heavy atom. The van der Waals surface area contributed by atoms with Gasteiger partial charge < -0.3 is 15.1 Å². The van der Waals surface area contributed by atoms with Gasteiger partial charge in [0.15, 0.2) is 0 Å². The van der Waals surface area contributed by atoms with Crippen LogP contribution in [0.4, 0.5) is 10.5 Å². The quantitative estimate of drug-likeness (QED) is 0.911. The molecule has 3 rings (SSSR count). The first kappa shape index (κ1) is 14.0. The molecule has 1 N–H and O–H groups in total. The number of hydrogen-bond acceptors (Lipinski definition) is 3. The van der Waals surface area contributed by atoms with E-state index in [1.807, 2.05) is 17.0 Å². The van der Waals surface area contributed by atoms with Gasteiger partial charge in [0.25, 0.3) is 0 Å². The highest BCUT2D eigenvalue weighted by Crippen LogP contribution is 2.28. The molecule has 0 bridgehead atoms. The second-order valence-corrected chi connectivity index (χ2v) is 5.88. The molecule has 110 valence electrons. The monoisotopic (exact) mass is 304 g/mol. The molecule has 2 fully saturated rings. The Labute approximate surface area is 129 Å². The van der Waals surface area contributed by atoms with Crippen LogP contribution < -0.4 is 10.2 Å². The molecule has 2 aliphatic rings. The van der Waals surface area contributed by atoms with E-state index in [1.54, 1.807) is 6.07 Å². The molecule has 1 atom stereocenters. The number of nitrogens with zero attached hydrogens (tertiary/aromatic N) is 3. The fourth-order valence-electron chi connectivity index (χ4n) is 3.14. The lowest BCUT2D eigenvalue weighted by molar-refractivity contribution is 0.189. The summed E-state index contributed by atoms with van der Waals surface area (Å²) in [6.07, 6.45) is 2.03. The maximum Gasteiger partial charge on any atom is 0.317 e. The van der Waals surface area contributed by atoms with Gasteiger partial charge in [-0.15, -0.1) is 0 Å². The largest absolute Gasteiger partial charge is 0.368 e. The number of hydrogen-bond donors (Lipinski definition) is 1. The summed E-state index contributed by atoms with van der Waals surface area (Å²) in [5.41, 5.74) is 1.50. The zero-order valence-electron chi connectivity index (χ0n) is 11.7. The molecule has 0 aromatic heterocycles. The first-order valence-corrected chi connectivity index (χ1v) is 7.56. The van der Waals surface area contributed by atoms with Crippen LogP contribution in [0.1, 0.15) is 18.4 Å². The number of carbonyl (C=O) groups excluding carboxylic acids is 1. The Bertz CT molecular complexity index is 598. The molecule has 2 saturated heterocycles. The van der Waals surface area contributed by atoms with Gasteiger partial charge in [-0.1, -0.05) is 11.6 Å². The first-order chi connectivity index (χ1) is 10.2. The third-order valence-corrected chi connectivity index (χ3v) is 4.38. The summed E-state index contributed by atoms with van der Waals surface area (Å²) in [5, 5.41) is 12.7. The number of carbonyl (C=O) groups is 1. The van der Waals surface area contributed by atoms with Crippen molar-refractivity contribution in [1.82, 2.24) is 10.2 Å². The number of halogens is 1. The van der Waals surface area contributed by atoms with Crippen molar-refractivity contribution in [2.45, 2.75) is 18.9 Å². The molecule has 0 spiro atoms. The second-order valence-electron chi connectivity index (χ2n) is 5.44. The summed E-state index contributed by atoms with van der Waals surface area (Å²) in [6, 6.07) is 7.85. The summed E-state index contributed by atoms with van der Waals surface area (Å²) in [5.74, 6) is 0. The Morgan fingerprint density at radius 1 is 1.38 bits per heavy atom. The molecule has 6 heteroatoms. The van der Waals surface area contributed by atoms with Crippen molar-refractivity contribution in [2.75, 3.05) is 31.1 Å². The van der Waals surface area contributed by atoms with Crippen molar-refractivity contribution in [3.63, 3.8) is 0 Å². The topological polar surface area (TPSA) is 59.4 Å². The lowest BCUT2D eigenvalue weighted by Gasteiger charge is -2.38. The SMILES string of the molecule is N#Cc1cc(Cl)ccc1N1CCC[C@H](N2CCNC2=O)C1. The normalized spacial score (nSPS) is 22.1. The molecule has 0 radical (unpaired) electrons. The van der Waals surface area contributed by atoms with Crippen molar-refractivity contribution in [3.8, 4) is 6.07 Å². The first-order valence-electron chi connectivity index (χ1n) is 7.18. The van der Waals surface area contributed by atoms with Crippen molar-refractivity contribution in [1.29, 1.82) is 5.26 Å². The molecule has 2 amide bonds. The van der Waals surface area contributed by atoms with Crippen LogP contribution in [0.25, 0.3) is 0 Å². The molecule has 21 heavy (non-hydrogen) atoms. The minimum atomic E-state index is 0.0264.